The summed E-state index contributed by atoms with van der Waals surface area (Å²) in [4.78, 5) is 10.8. The Morgan fingerprint density at radius 1 is 1.48 bits per heavy atom. The van der Waals surface area contributed by atoms with E-state index in [1.165, 1.54) is 16.4 Å². The molecule has 1 aliphatic heterocycles. The number of carboxylic acid groups (broad SMARTS) is 1. The van der Waals surface area contributed by atoms with Gasteiger partial charge >= 0.3 is 5.97 Å². The molecule has 1 aromatic rings. The number of benzene rings is 1. The summed E-state index contributed by atoms with van der Waals surface area (Å²) in [5.74, 6) is -1.30. The van der Waals surface area contributed by atoms with Gasteiger partial charge in [0.25, 0.3) is 0 Å². The Balaban J connectivity index is 2.29. The van der Waals surface area contributed by atoms with E-state index in [0.717, 1.165) is 6.07 Å². The van der Waals surface area contributed by atoms with Gasteiger partial charge in [-0.1, -0.05) is 11.6 Å². The molecule has 0 aromatic heterocycles. The Bertz CT molecular complexity index is 659. The maximum Gasteiger partial charge on any atom is 0.337 e. The predicted molar refractivity (Wildman–Crippen MR) is 77.0 cm³/mol. The minimum Gasteiger partial charge on any atom is -0.478 e. The molecule has 21 heavy (non-hydrogen) atoms. The van der Waals surface area contributed by atoms with Crippen molar-refractivity contribution in [2.45, 2.75) is 24.3 Å². The van der Waals surface area contributed by atoms with Gasteiger partial charge in [-0.25, -0.2) is 13.2 Å². The molecule has 0 saturated carbocycles. The first-order valence-corrected chi connectivity index (χ1v) is 8.26. The fraction of sp³-hybridized carbons (Fsp3) is 0.462. The van der Waals surface area contributed by atoms with Crippen molar-refractivity contribution in [1.29, 1.82) is 0 Å². The minimum absolute atomic E-state index is 0.0382. The second kappa shape index (κ2) is 5.92. The lowest BCUT2D eigenvalue weighted by Crippen LogP contribution is -2.30. The van der Waals surface area contributed by atoms with Crippen LogP contribution in [0, 0.1) is 5.92 Å². The molecular weight excluding hydrogens is 318 g/mol. The van der Waals surface area contributed by atoms with Gasteiger partial charge < -0.3 is 10.2 Å². The van der Waals surface area contributed by atoms with Crippen molar-refractivity contribution in [1.82, 2.24) is 4.31 Å². The molecule has 0 radical (unpaired) electrons. The summed E-state index contributed by atoms with van der Waals surface area (Å²) < 4.78 is 26.2. The van der Waals surface area contributed by atoms with Gasteiger partial charge in [-0.05, 0) is 37.5 Å². The number of aliphatic hydroxyl groups excluding tert-OH is 1. The smallest absolute Gasteiger partial charge is 0.337 e. The molecule has 1 saturated heterocycles. The van der Waals surface area contributed by atoms with E-state index in [4.69, 9.17) is 16.7 Å². The number of halogens is 1. The third-order valence-corrected chi connectivity index (χ3v) is 5.85. The van der Waals surface area contributed by atoms with Gasteiger partial charge in [-0.15, -0.1) is 0 Å². The summed E-state index contributed by atoms with van der Waals surface area (Å²) in [5, 5.41) is 18.3. The van der Waals surface area contributed by atoms with Crippen LogP contribution < -0.4 is 0 Å². The first-order valence-electron chi connectivity index (χ1n) is 6.44. The normalized spacial score (nSPS) is 21.4. The summed E-state index contributed by atoms with van der Waals surface area (Å²) in [5.41, 5.74) is -0.140. The van der Waals surface area contributed by atoms with Crippen LogP contribution in [0.1, 0.15) is 23.7 Å². The quantitative estimate of drug-likeness (QED) is 0.869. The maximum atomic E-state index is 12.5. The number of nitrogens with zero attached hydrogens (tertiary/aromatic N) is 1. The second-order valence-corrected chi connectivity index (χ2v) is 7.44. The largest absolute Gasteiger partial charge is 0.478 e. The van der Waals surface area contributed by atoms with Gasteiger partial charge in [0.1, 0.15) is 0 Å². The molecule has 2 atom stereocenters. The fourth-order valence-electron chi connectivity index (χ4n) is 2.34. The topological polar surface area (TPSA) is 94.9 Å². The summed E-state index contributed by atoms with van der Waals surface area (Å²) in [6.07, 6.45) is 0.0286. The average Bonchev–Trinajstić information content (AvgIpc) is 2.88. The molecule has 8 heteroatoms. The van der Waals surface area contributed by atoms with Gasteiger partial charge in [-0.2, -0.15) is 4.31 Å². The van der Waals surface area contributed by atoms with Crippen molar-refractivity contribution in [3.05, 3.63) is 28.8 Å². The number of hydrogen-bond acceptors (Lipinski definition) is 4. The fourth-order valence-corrected chi connectivity index (χ4v) is 4.21. The Morgan fingerprint density at radius 2 is 2.14 bits per heavy atom. The van der Waals surface area contributed by atoms with Crippen molar-refractivity contribution in [2.75, 3.05) is 13.1 Å². The first-order chi connectivity index (χ1) is 9.73. The summed E-state index contributed by atoms with van der Waals surface area (Å²) in [6.45, 7) is 2.22. The van der Waals surface area contributed by atoms with Gasteiger partial charge in [0.05, 0.1) is 21.6 Å². The molecule has 2 unspecified atom stereocenters. The molecule has 0 amide bonds. The highest BCUT2D eigenvalue weighted by atomic mass is 35.5. The van der Waals surface area contributed by atoms with E-state index in [-0.39, 0.29) is 27.9 Å². The zero-order valence-corrected chi connectivity index (χ0v) is 12.9. The molecular formula is C13H16ClNO5S. The highest BCUT2D eigenvalue weighted by Crippen LogP contribution is 2.28. The van der Waals surface area contributed by atoms with E-state index in [2.05, 4.69) is 0 Å². The zero-order valence-electron chi connectivity index (χ0n) is 11.4. The number of rotatable bonds is 4. The van der Waals surface area contributed by atoms with E-state index in [1.54, 1.807) is 6.92 Å². The molecule has 1 aromatic carbocycles. The summed E-state index contributed by atoms with van der Waals surface area (Å²) >= 11 is 5.81. The molecule has 2 rings (SSSR count). The van der Waals surface area contributed by atoms with Crippen LogP contribution in [0.25, 0.3) is 0 Å². The molecule has 6 nitrogen and oxygen atoms in total. The lowest BCUT2D eigenvalue weighted by molar-refractivity contribution is 0.0697. The number of carboxylic acids is 1. The molecule has 0 aliphatic carbocycles. The van der Waals surface area contributed by atoms with E-state index in [9.17, 15) is 18.3 Å². The highest BCUT2D eigenvalue weighted by Gasteiger charge is 2.34. The lowest BCUT2D eigenvalue weighted by Gasteiger charge is -2.18. The van der Waals surface area contributed by atoms with Crippen LogP contribution in [0.2, 0.25) is 5.02 Å². The van der Waals surface area contributed by atoms with Crippen molar-refractivity contribution in [2.24, 2.45) is 5.92 Å². The number of aliphatic hydroxyl groups is 1. The van der Waals surface area contributed by atoms with Gasteiger partial charge in [0.2, 0.25) is 10.0 Å². The van der Waals surface area contributed by atoms with Crippen LogP contribution in [-0.2, 0) is 10.0 Å². The van der Waals surface area contributed by atoms with Crippen LogP contribution in [-0.4, -0.2) is 48.1 Å². The highest BCUT2D eigenvalue weighted by molar-refractivity contribution is 7.89. The molecule has 2 N–H and O–H groups in total. The molecule has 116 valence electrons. The van der Waals surface area contributed by atoms with Crippen molar-refractivity contribution in [3.8, 4) is 0 Å². The van der Waals surface area contributed by atoms with E-state index in [1.807, 2.05) is 0 Å². The first kappa shape index (κ1) is 16.2. The van der Waals surface area contributed by atoms with E-state index < -0.39 is 22.1 Å². The molecule has 1 aliphatic rings. The van der Waals surface area contributed by atoms with Crippen LogP contribution in [0.3, 0.4) is 0 Å². The summed E-state index contributed by atoms with van der Waals surface area (Å²) in [6, 6.07) is 3.57. The standard InChI is InChI=1S/C13H16ClNO5S/c1-8(16)9-4-5-15(7-9)21(19,20)10-2-3-11(13(17)18)12(14)6-10/h2-3,6,8-9,16H,4-5,7H2,1H3,(H,17,18). The van der Waals surface area contributed by atoms with Crippen molar-refractivity contribution < 1.29 is 23.4 Å². The number of sulfonamides is 1. The van der Waals surface area contributed by atoms with Crippen LogP contribution in [0.4, 0.5) is 0 Å². The monoisotopic (exact) mass is 333 g/mol. The predicted octanol–water partition coefficient (Wildman–Crippen LogP) is 1.43. The molecule has 1 fully saturated rings. The van der Waals surface area contributed by atoms with E-state index >= 15 is 0 Å². The minimum atomic E-state index is -3.73. The zero-order chi connectivity index (χ0) is 15.8. The molecule has 0 bridgehead atoms. The van der Waals surface area contributed by atoms with E-state index in [0.29, 0.717) is 13.0 Å². The van der Waals surface area contributed by atoms with Gasteiger partial charge in [0, 0.05) is 13.1 Å². The van der Waals surface area contributed by atoms with Crippen LogP contribution >= 0.6 is 11.6 Å². The molecule has 0 spiro atoms. The average molecular weight is 334 g/mol. The third kappa shape index (κ3) is 3.21. The van der Waals surface area contributed by atoms with Gasteiger partial charge in [-0.3, -0.25) is 0 Å². The Labute approximate surface area is 128 Å². The number of hydrogen-bond donors (Lipinski definition) is 2. The van der Waals surface area contributed by atoms with Crippen molar-refractivity contribution in [3.63, 3.8) is 0 Å². The number of aromatic carboxylic acids is 1. The Kier molecular flexibility index (Phi) is 4.57. The maximum absolute atomic E-state index is 12.5. The number of carbonyl (C=O) groups is 1. The Morgan fingerprint density at radius 3 is 2.62 bits per heavy atom. The van der Waals surface area contributed by atoms with Crippen LogP contribution in [0.5, 0.6) is 0 Å². The third-order valence-electron chi connectivity index (χ3n) is 3.68. The van der Waals surface area contributed by atoms with Crippen molar-refractivity contribution >= 4 is 27.6 Å². The molecule has 1 heterocycles. The van der Waals surface area contributed by atoms with Crippen LogP contribution in [0.15, 0.2) is 23.1 Å². The summed E-state index contributed by atoms with van der Waals surface area (Å²) in [7, 11) is -3.73. The SMILES string of the molecule is CC(O)C1CCN(S(=O)(=O)c2ccc(C(=O)O)c(Cl)c2)C1. The van der Waals surface area contributed by atoms with Gasteiger partial charge in [0.15, 0.2) is 0 Å². The second-order valence-electron chi connectivity index (χ2n) is 5.10. The lowest BCUT2D eigenvalue weighted by atomic mass is 10.0. The Hall–Kier alpha value is -1.15.